The third-order valence-corrected chi connectivity index (χ3v) is 2.85. The molecular weight excluding hydrogens is 218 g/mol. The first-order chi connectivity index (χ1) is 8.09. The van der Waals surface area contributed by atoms with Gasteiger partial charge in [0.2, 0.25) is 0 Å². The van der Waals surface area contributed by atoms with Gasteiger partial charge in [0.15, 0.2) is 0 Å². The van der Waals surface area contributed by atoms with Crippen LogP contribution in [0.3, 0.4) is 0 Å². The van der Waals surface area contributed by atoms with Crippen molar-refractivity contribution in [1.82, 2.24) is 0 Å². The highest BCUT2D eigenvalue weighted by Crippen LogP contribution is 2.15. The molecule has 1 heterocycles. The fourth-order valence-electron chi connectivity index (χ4n) is 1.82. The van der Waals surface area contributed by atoms with E-state index in [9.17, 15) is 4.79 Å². The van der Waals surface area contributed by atoms with E-state index in [0.717, 1.165) is 37.9 Å². The summed E-state index contributed by atoms with van der Waals surface area (Å²) in [5, 5.41) is 8.60. The van der Waals surface area contributed by atoms with Crippen molar-refractivity contribution < 1.29 is 9.90 Å². The number of carboxylic acid groups (broad SMARTS) is 1. The Morgan fingerprint density at radius 2 is 2.29 bits per heavy atom. The molecule has 0 fully saturated rings. The molecule has 1 aliphatic heterocycles. The number of carboxylic acids is 1. The van der Waals surface area contributed by atoms with Crippen LogP contribution in [0, 0.1) is 0 Å². The molecule has 5 N–H and O–H groups in total. The summed E-state index contributed by atoms with van der Waals surface area (Å²) >= 11 is 0. The molecule has 0 aromatic rings. The summed E-state index contributed by atoms with van der Waals surface area (Å²) in [7, 11) is 0. The molecule has 0 aromatic heterocycles. The highest BCUT2D eigenvalue weighted by molar-refractivity contribution is 5.80. The molecule has 5 nitrogen and oxygen atoms in total. The second-order valence-corrected chi connectivity index (χ2v) is 4.41. The third-order valence-electron chi connectivity index (χ3n) is 2.85. The Labute approximate surface area is 102 Å². The molecular formula is C12H21N3O2. The van der Waals surface area contributed by atoms with Crippen molar-refractivity contribution in [1.29, 1.82) is 0 Å². The summed E-state index contributed by atoms with van der Waals surface area (Å²) in [5.74, 6) is -0.227. The van der Waals surface area contributed by atoms with E-state index in [2.05, 4.69) is 4.99 Å². The summed E-state index contributed by atoms with van der Waals surface area (Å²) < 4.78 is 0. The molecule has 2 atom stereocenters. The first-order valence-electron chi connectivity index (χ1n) is 6.05. The molecule has 0 radical (unpaired) electrons. The van der Waals surface area contributed by atoms with Crippen LogP contribution in [-0.4, -0.2) is 29.0 Å². The van der Waals surface area contributed by atoms with E-state index in [1.165, 1.54) is 0 Å². The van der Waals surface area contributed by atoms with E-state index in [-0.39, 0.29) is 6.04 Å². The first-order valence-corrected chi connectivity index (χ1v) is 6.05. The van der Waals surface area contributed by atoms with Gasteiger partial charge in [0, 0.05) is 6.42 Å². The number of amidine groups is 1. The number of aliphatic imine (C=N–C) groups is 1. The molecule has 0 spiro atoms. The molecule has 1 rings (SSSR count). The van der Waals surface area contributed by atoms with Gasteiger partial charge in [0.05, 0.1) is 11.9 Å². The number of rotatable bonds is 5. The molecule has 0 saturated heterocycles. The normalized spacial score (nSPS) is 23.1. The van der Waals surface area contributed by atoms with Crippen LogP contribution in [0.25, 0.3) is 0 Å². The zero-order valence-electron chi connectivity index (χ0n) is 10.0. The van der Waals surface area contributed by atoms with Crippen molar-refractivity contribution in [2.45, 2.75) is 50.6 Å². The van der Waals surface area contributed by atoms with E-state index in [1.807, 2.05) is 12.2 Å². The summed E-state index contributed by atoms with van der Waals surface area (Å²) in [4.78, 5) is 14.9. The van der Waals surface area contributed by atoms with Crippen LogP contribution in [0.15, 0.2) is 17.1 Å². The van der Waals surface area contributed by atoms with Gasteiger partial charge in [-0.3, -0.25) is 9.79 Å². The fraction of sp³-hybridized carbons (Fsp3) is 0.667. The molecule has 0 aromatic carbocycles. The zero-order chi connectivity index (χ0) is 12.7. The van der Waals surface area contributed by atoms with Gasteiger partial charge in [0.1, 0.15) is 6.04 Å². The minimum Gasteiger partial charge on any atom is -0.480 e. The lowest BCUT2D eigenvalue weighted by Crippen LogP contribution is -2.29. The van der Waals surface area contributed by atoms with Crippen LogP contribution < -0.4 is 11.5 Å². The van der Waals surface area contributed by atoms with E-state index in [1.54, 1.807) is 0 Å². The quantitative estimate of drug-likeness (QED) is 0.624. The van der Waals surface area contributed by atoms with E-state index >= 15 is 0 Å². The molecule has 0 bridgehead atoms. The molecule has 1 aliphatic rings. The lowest BCUT2D eigenvalue weighted by Gasteiger charge is -2.07. The number of hydrogen-bond donors (Lipinski definition) is 3. The highest BCUT2D eigenvalue weighted by Gasteiger charge is 2.11. The molecule has 0 unspecified atom stereocenters. The lowest BCUT2D eigenvalue weighted by atomic mass is 10.1. The van der Waals surface area contributed by atoms with Gasteiger partial charge < -0.3 is 16.6 Å². The van der Waals surface area contributed by atoms with Crippen molar-refractivity contribution in [3.63, 3.8) is 0 Å². The summed E-state index contributed by atoms with van der Waals surface area (Å²) in [6.07, 6.45) is 9.15. The zero-order valence-corrected chi connectivity index (χ0v) is 10.0. The number of nitrogens with two attached hydrogens (primary N) is 2. The van der Waals surface area contributed by atoms with Crippen LogP contribution in [0.4, 0.5) is 0 Å². The third kappa shape index (κ3) is 5.49. The summed E-state index contributed by atoms with van der Waals surface area (Å²) in [6, 6.07) is -0.566. The van der Waals surface area contributed by atoms with Crippen molar-refractivity contribution in [3.8, 4) is 0 Å². The number of hydrogen-bond acceptors (Lipinski definition) is 4. The summed E-state index contributed by atoms with van der Waals surface area (Å²) in [5.41, 5.74) is 11.1. The highest BCUT2D eigenvalue weighted by atomic mass is 16.4. The topological polar surface area (TPSA) is 102 Å². The Morgan fingerprint density at radius 3 is 3.00 bits per heavy atom. The Morgan fingerprint density at radius 1 is 1.53 bits per heavy atom. The summed E-state index contributed by atoms with van der Waals surface area (Å²) in [6.45, 7) is 0. The van der Waals surface area contributed by atoms with Crippen LogP contribution in [0.1, 0.15) is 38.5 Å². The lowest BCUT2D eigenvalue weighted by molar-refractivity contribution is -0.138. The maximum absolute atomic E-state index is 10.5. The largest absolute Gasteiger partial charge is 0.480 e. The molecule has 96 valence electrons. The van der Waals surface area contributed by atoms with Gasteiger partial charge in [-0.2, -0.15) is 0 Å². The monoisotopic (exact) mass is 239 g/mol. The Kier molecular flexibility index (Phi) is 5.69. The Balaban J connectivity index is 2.31. The Bertz CT molecular complexity index is 313. The van der Waals surface area contributed by atoms with Crippen molar-refractivity contribution in [2.24, 2.45) is 16.5 Å². The number of aliphatic carboxylic acids is 1. The van der Waals surface area contributed by atoms with Crippen LogP contribution in [0.2, 0.25) is 0 Å². The minimum absolute atomic E-state index is 0.245. The van der Waals surface area contributed by atoms with E-state index in [0.29, 0.717) is 6.42 Å². The molecule has 0 amide bonds. The number of nitrogens with zero attached hydrogens (tertiary/aromatic N) is 1. The minimum atomic E-state index is -0.966. The van der Waals surface area contributed by atoms with Gasteiger partial charge in [-0.1, -0.05) is 18.6 Å². The van der Waals surface area contributed by atoms with Gasteiger partial charge in [-0.15, -0.1) is 0 Å². The predicted molar refractivity (Wildman–Crippen MR) is 67.9 cm³/mol. The number of carbonyl (C=O) groups is 1. The van der Waals surface area contributed by atoms with Crippen LogP contribution in [-0.2, 0) is 4.79 Å². The van der Waals surface area contributed by atoms with Crippen LogP contribution in [0.5, 0.6) is 0 Å². The predicted octanol–water partition coefficient (Wildman–Crippen LogP) is 1.03. The fourth-order valence-corrected chi connectivity index (χ4v) is 1.82. The van der Waals surface area contributed by atoms with Crippen molar-refractivity contribution in [2.75, 3.05) is 0 Å². The van der Waals surface area contributed by atoms with Crippen molar-refractivity contribution in [3.05, 3.63) is 12.2 Å². The van der Waals surface area contributed by atoms with Crippen LogP contribution >= 0.6 is 0 Å². The van der Waals surface area contributed by atoms with Gasteiger partial charge in [0.25, 0.3) is 0 Å². The molecule has 0 saturated carbocycles. The smallest absolute Gasteiger partial charge is 0.320 e. The van der Waals surface area contributed by atoms with Crippen molar-refractivity contribution >= 4 is 11.8 Å². The van der Waals surface area contributed by atoms with E-state index in [4.69, 9.17) is 16.6 Å². The second kappa shape index (κ2) is 7.06. The maximum atomic E-state index is 10.5. The SMILES string of the molecule is NC1=N[C@@H](C/C=C\C[C@@H](N)C(=O)O)CCCC1. The van der Waals surface area contributed by atoms with Gasteiger partial charge in [-0.05, 0) is 25.7 Å². The molecule has 0 aliphatic carbocycles. The second-order valence-electron chi connectivity index (χ2n) is 4.41. The van der Waals surface area contributed by atoms with E-state index < -0.39 is 12.0 Å². The Hall–Kier alpha value is -1.36. The maximum Gasteiger partial charge on any atom is 0.320 e. The average molecular weight is 239 g/mol. The van der Waals surface area contributed by atoms with Gasteiger partial charge in [-0.25, -0.2) is 0 Å². The average Bonchev–Trinajstić information content (AvgIpc) is 2.48. The standard InChI is InChI=1S/C12H21N3O2/c13-10(12(16)17)7-3-1-5-9-6-2-4-8-11(14)15-9/h1,3,9-10H,2,4-8,13H2,(H2,14,15)(H,16,17)/b3-1-/t9-,10+/m0/s1. The first kappa shape index (κ1) is 13.7. The molecule has 5 heteroatoms. The molecule has 17 heavy (non-hydrogen) atoms. The van der Waals surface area contributed by atoms with Gasteiger partial charge >= 0.3 is 5.97 Å².